The molecule has 0 radical (unpaired) electrons. The van der Waals surface area contributed by atoms with Gasteiger partial charge in [0.15, 0.2) is 0 Å². The Kier molecular flexibility index (Phi) is 5.03. The number of carbonyl (C=O) groups is 2. The van der Waals surface area contributed by atoms with Crippen LogP contribution in [0.15, 0.2) is 12.3 Å². The lowest BCUT2D eigenvalue weighted by Gasteiger charge is -2.19. The fraction of sp³-hybridized carbons (Fsp3) is 0.364. The third kappa shape index (κ3) is 3.40. The van der Waals surface area contributed by atoms with Gasteiger partial charge in [0, 0.05) is 6.54 Å². The van der Waals surface area contributed by atoms with Gasteiger partial charge in [0.1, 0.15) is 17.5 Å². The van der Waals surface area contributed by atoms with Crippen LogP contribution in [0.2, 0.25) is 5.15 Å². The van der Waals surface area contributed by atoms with Crippen molar-refractivity contribution in [2.24, 2.45) is 0 Å². The van der Waals surface area contributed by atoms with E-state index in [1.807, 2.05) is 0 Å². The molecule has 0 atom stereocenters. The van der Waals surface area contributed by atoms with Gasteiger partial charge in [-0.15, -0.1) is 0 Å². The van der Waals surface area contributed by atoms with Crippen molar-refractivity contribution in [1.29, 1.82) is 0 Å². The number of rotatable bonds is 4. The van der Waals surface area contributed by atoms with E-state index in [0.29, 0.717) is 0 Å². The first-order valence-corrected chi connectivity index (χ1v) is 5.54. The summed E-state index contributed by atoms with van der Waals surface area (Å²) in [6, 6.07) is 0.984. The third-order valence-corrected chi connectivity index (χ3v) is 2.55. The van der Waals surface area contributed by atoms with Crippen molar-refractivity contribution in [2.75, 3.05) is 20.2 Å². The predicted molar refractivity (Wildman–Crippen MR) is 62.8 cm³/mol. The van der Waals surface area contributed by atoms with Gasteiger partial charge in [-0.2, -0.15) is 0 Å². The maximum atomic E-state index is 13.0. The molecule has 0 unspecified atom stereocenters. The van der Waals surface area contributed by atoms with E-state index in [4.69, 9.17) is 11.6 Å². The molecule has 5 nitrogen and oxygen atoms in total. The van der Waals surface area contributed by atoms with Crippen molar-refractivity contribution >= 4 is 23.5 Å². The van der Waals surface area contributed by atoms with Gasteiger partial charge < -0.3 is 9.64 Å². The van der Waals surface area contributed by atoms with Crippen molar-refractivity contribution in [3.63, 3.8) is 0 Å². The van der Waals surface area contributed by atoms with Crippen molar-refractivity contribution in [3.05, 3.63) is 28.8 Å². The lowest BCUT2D eigenvalue weighted by molar-refractivity contribution is -0.141. The average Bonchev–Trinajstić information content (AvgIpc) is 2.37. The van der Waals surface area contributed by atoms with Crippen LogP contribution in [0.25, 0.3) is 0 Å². The van der Waals surface area contributed by atoms with Gasteiger partial charge in [0.05, 0.1) is 18.9 Å². The summed E-state index contributed by atoms with van der Waals surface area (Å²) in [5, 5.41) is -0.107. The zero-order valence-electron chi connectivity index (χ0n) is 9.94. The number of hydrogen-bond acceptors (Lipinski definition) is 4. The summed E-state index contributed by atoms with van der Waals surface area (Å²) in [4.78, 5) is 27.9. The fourth-order valence-electron chi connectivity index (χ4n) is 1.29. The van der Waals surface area contributed by atoms with Crippen LogP contribution in [0.4, 0.5) is 4.39 Å². The summed E-state index contributed by atoms with van der Waals surface area (Å²) in [5.74, 6) is -1.80. The van der Waals surface area contributed by atoms with Gasteiger partial charge in [-0.25, -0.2) is 9.37 Å². The molecule has 98 valence electrons. The molecule has 0 aromatic carbocycles. The molecule has 1 aromatic heterocycles. The first kappa shape index (κ1) is 14.4. The number of ether oxygens (including phenoxy) is 1. The quantitative estimate of drug-likeness (QED) is 0.617. The molecular formula is C11H12ClFN2O3. The highest BCUT2D eigenvalue weighted by atomic mass is 35.5. The molecule has 0 saturated carbocycles. The molecule has 1 heterocycles. The number of esters is 1. The molecule has 1 amide bonds. The maximum Gasteiger partial charge on any atom is 0.325 e. The number of carbonyl (C=O) groups excluding carboxylic acids is 2. The van der Waals surface area contributed by atoms with Gasteiger partial charge in [-0.1, -0.05) is 11.6 Å². The Balaban J connectivity index is 2.96. The minimum Gasteiger partial charge on any atom is -0.468 e. The SMILES string of the molecule is CCN(CC(=O)OC)C(=O)c1cc(F)cnc1Cl. The Bertz CT molecular complexity index is 468. The summed E-state index contributed by atoms with van der Waals surface area (Å²) < 4.78 is 17.5. The van der Waals surface area contributed by atoms with E-state index in [1.54, 1.807) is 6.92 Å². The summed E-state index contributed by atoms with van der Waals surface area (Å²) in [6.07, 6.45) is 0.912. The van der Waals surface area contributed by atoms with Crippen LogP contribution in [0.1, 0.15) is 17.3 Å². The number of aromatic nitrogens is 1. The predicted octanol–water partition coefficient (Wildman–Crippen LogP) is 1.51. The van der Waals surface area contributed by atoms with Crippen LogP contribution in [-0.2, 0) is 9.53 Å². The zero-order valence-corrected chi connectivity index (χ0v) is 10.7. The van der Waals surface area contributed by atoms with E-state index in [-0.39, 0.29) is 23.8 Å². The van der Waals surface area contributed by atoms with E-state index >= 15 is 0 Å². The Morgan fingerprint density at radius 3 is 2.78 bits per heavy atom. The highest BCUT2D eigenvalue weighted by molar-refractivity contribution is 6.32. The van der Waals surface area contributed by atoms with Crippen LogP contribution < -0.4 is 0 Å². The largest absolute Gasteiger partial charge is 0.468 e. The van der Waals surface area contributed by atoms with Crippen LogP contribution >= 0.6 is 11.6 Å². The molecule has 0 N–H and O–H groups in total. The molecule has 7 heteroatoms. The zero-order chi connectivity index (χ0) is 13.7. The lowest BCUT2D eigenvalue weighted by atomic mass is 10.2. The first-order chi connectivity index (χ1) is 8.49. The number of halogens is 2. The third-order valence-electron chi connectivity index (χ3n) is 2.25. The summed E-state index contributed by atoms with van der Waals surface area (Å²) in [5.41, 5.74) is -0.0811. The normalized spacial score (nSPS) is 10.0. The van der Waals surface area contributed by atoms with E-state index in [0.717, 1.165) is 12.3 Å². The van der Waals surface area contributed by atoms with Crippen LogP contribution in [0, 0.1) is 5.82 Å². The molecule has 0 spiro atoms. The van der Waals surface area contributed by atoms with Crippen LogP contribution in [-0.4, -0.2) is 42.0 Å². The Labute approximate surface area is 109 Å². The lowest BCUT2D eigenvalue weighted by Crippen LogP contribution is -2.36. The molecular weight excluding hydrogens is 263 g/mol. The minimum absolute atomic E-state index is 0.0811. The van der Waals surface area contributed by atoms with Crippen molar-refractivity contribution in [1.82, 2.24) is 9.88 Å². The van der Waals surface area contributed by atoms with Gasteiger partial charge in [0.25, 0.3) is 5.91 Å². The van der Waals surface area contributed by atoms with Crippen molar-refractivity contribution < 1.29 is 18.7 Å². The number of amides is 1. The molecule has 0 aliphatic carbocycles. The van der Waals surface area contributed by atoms with Crippen LogP contribution in [0.3, 0.4) is 0 Å². The highest BCUT2D eigenvalue weighted by Gasteiger charge is 2.21. The second-order valence-corrected chi connectivity index (χ2v) is 3.75. The number of hydrogen-bond donors (Lipinski definition) is 0. The first-order valence-electron chi connectivity index (χ1n) is 5.16. The minimum atomic E-state index is -0.670. The molecule has 18 heavy (non-hydrogen) atoms. The smallest absolute Gasteiger partial charge is 0.325 e. The second-order valence-electron chi connectivity index (χ2n) is 3.39. The fourth-order valence-corrected chi connectivity index (χ4v) is 1.47. The van der Waals surface area contributed by atoms with E-state index in [9.17, 15) is 14.0 Å². The number of pyridine rings is 1. The standard InChI is InChI=1S/C11H12ClFN2O3/c1-3-15(6-9(16)18-2)11(17)8-4-7(13)5-14-10(8)12/h4-5H,3,6H2,1-2H3. The summed E-state index contributed by atoms with van der Waals surface area (Å²) >= 11 is 5.72. The molecule has 0 aliphatic heterocycles. The molecule has 0 aliphatic rings. The van der Waals surface area contributed by atoms with Gasteiger partial charge in [-0.05, 0) is 13.0 Å². The molecule has 1 aromatic rings. The summed E-state index contributed by atoms with van der Waals surface area (Å²) in [7, 11) is 1.22. The van der Waals surface area contributed by atoms with Crippen molar-refractivity contribution in [3.8, 4) is 0 Å². The molecule has 0 saturated heterocycles. The molecule has 0 fully saturated rings. The van der Waals surface area contributed by atoms with Crippen molar-refractivity contribution in [2.45, 2.75) is 6.92 Å². The number of nitrogens with zero attached hydrogens (tertiary/aromatic N) is 2. The summed E-state index contributed by atoms with van der Waals surface area (Å²) in [6.45, 7) is 1.72. The Hall–Kier alpha value is -1.69. The van der Waals surface area contributed by atoms with E-state index in [2.05, 4.69) is 9.72 Å². The molecule has 0 bridgehead atoms. The topological polar surface area (TPSA) is 59.5 Å². The monoisotopic (exact) mass is 274 g/mol. The Morgan fingerprint density at radius 2 is 2.22 bits per heavy atom. The number of methoxy groups -OCH3 is 1. The Morgan fingerprint density at radius 1 is 1.56 bits per heavy atom. The number of likely N-dealkylation sites (N-methyl/N-ethyl adjacent to an activating group) is 1. The highest BCUT2D eigenvalue weighted by Crippen LogP contribution is 2.16. The van der Waals surface area contributed by atoms with Crippen LogP contribution in [0.5, 0.6) is 0 Å². The maximum absolute atomic E-state index is 13.0. The second kappa shape index (κ2) is 6.30. The van der Waals surface area contributed by atoms with E-state index < -0.39 is 17.7 Å². The van der Waals surface area contributed by atoms with E-state index in [1.165, 1.54) is 12.0 Å². The molecule has 1 rings (SSSR count). The average molecular weight is 275 g/mol. The van der Waals surface area contributed by atoms with Gasteiger partial charge in [0.2, 0.25) is 0 Å². The van der Waals surface area contributed by atoms with Gasteiger partial charge in [-0.3, -0.25) is 9.59 Å². The van der Waals surface area contributed by atoms with Gasteiger partial charge >= 0.3 is 5.97 Å².